The third-order valence-corrected chi connectivity index (χ3v) is 7.04. The van der Waals surface area contributed by atoms with Crippen molar-refractivity contribution in [2.45, 2.75) is 44.8 Å². The molecule has 3 heterocycles. The number of thioether (sulfide) groups is 1. The Kier molecular flexibility index (Phi) is 5.60. The van der Waals surface area contributed by atoms with Crippen molar-refractivity contribution < 1.29 is 9.32 Å². The molecule has 3 aromatic rings. The number of nitrogens with one attached hydrogen (secondary N) is 1. The Labute approximate surface area is 176 Å². The van der Waals surface area contributed by atoms with Crippen LogP contribution < -0.4 is 10.9 Å². The number of aryl methyl sites for hydroxylation is 2. The van der Waals surface area contributed by atoms with Crippen LogP contribution >= 0.6 is 23.1 Å². The van der Waals surface area contributed by atoms with E-state index in [0.717, 1.165) is 35.0 Å². The number of aromatic nitrogens is 3. The van der Waals surface area contributed by atoms with E-state index in [2.05, 4.69) is 24.0 Å². The van der Waals surface area contributed by atoms with Gasteiger partial charge in [-0.1, -0.05) is 29.9 Å². The van der Waals surface area contributed by atoms with Crippen molar-refractivity contribution in [2.75, 3.05) is 11.1 Å². The van der Waals surface area contributed by atoms with E-state index in [1.807, 2.05) is 0 Å². The maximum Gasteiger partial charge on any atom is 0.263 e. The quantitative estimate of drug-likeness (QED) is 0.363. The molecule has 0 aromatic carbocycles. The summed E-state index contributed by atoms with van der Waals surface area (Å²) in [5.41, 5.74) is 1.12. The van der Waals surface area contributed by atoms with Crippen molar-refractivity contribution in [1.29, 1.82) is 0 Å². The zero-order valence-corrected chi connectivity index (χ0v) is 18.0. The van der Waals surface area contributed by atoms with E-state index in [1.54, 1.807) is 35.0 Å². The van der Waals surface area contributed by atoms with Gasteiger partial charge in [-0.2, -0.15) is 0 Å². The minimum atomic E-state index is -0.234. The lowest BCUT2D eigenvalue weighted by Crippen LogP contribution is -2.24. The van der Waals surface area contributed by atoms with E-state index >= 15 is 0 Å². The molecule has 1 unspecified atom stereocenters. The molecular weight excluding hydrogens is 408 g/mol. The van der Waals surface area contributed by atoms with Gasteiger partial charge in [0.2, 0.25) is 5.91 Å². The number of rotatable bonds is 6. The van der Waals surface area contributed by atoms with Crippen molar-refractivity contribution in [3.8, 4) is 0 Å². The molecular formula is C20H22N4O3S2. The maximum absolute atomic E-state index is 13.2. The summed E-state index contributed by atoms with van der Waals surface area (Å²) in [7, 11) is 0. The number of fused-ring (bicyclic) bond motifs is 3. The number of hydrogen-bond donors (Lipinski definition) is 1. The smallest absolute Gasteiger partial charge is 0.263 e. The first-order valence-corrected chi connectivity index (χ1v) is 11.3. The van der Waals surface area contributed by atoms with Crippen LogP contribution in [0.3, 0.4) is 0 Å². The molecule has 7 nitrogen and oxygen atoms in total. The van der Waals surface area contributed by atoms with Crippen molar-refractivity contribution in [3.05, 3.63) is 45.3 Å². The summed E-state index contributed by atoms with van der Waals surface area (Å²) in [5, 5.41) is 7.71. The number of hydrogen-bond acceptors (Lipinski definition) is 7. The molecule has 152 valence electrons. The fourth-order valence-electron chi connectivity index (χ4n) is 3.54. The van der Waals surface area contributed by atoms with Crippen LogP contribution in [0.1, 0.15) is 29.5 Å². The molecule has 4 rings (SSSR count). The second kappa shape index (κ2) is 8.16. The highest BCUT2D eigenvalue weighted by Gasteiger charge is 2.24. The van der Waals surface area contributed by atoms with Crippen LogP contribution in [0.15, 0.2) is 33.2 Å². The van der Waals surface area contributed by atoms with Gasteiger partial charge in [0.1, 0.15) is 10.6 Å². The van der Waals surface area contributed by atoms with Crippen molar-refractivity contribution in [3.63, 3.8) is 0 Å². The number of carbonyl (C=O) groups excluding carboxylic acids is 1. The predicted octanol–water partition coefficient (Wildman–Crippen LogP) is 3.80. The maximum atomic E-state index is 13.2. The molecule has 0 aliphatic heterocycles. The summed E-state index contributed by atoms with van der Waals surface area (Å²) in [6.07, 6.45) is 4.70. The molecule has 0 bridgehead atoms. The molecule has 0 saturated carbocycles. The van der Waals surface area contributed by atoms with Gasteiger partial charge in [-0.25, -0.2) is 4.98 Å². The highest BCUT2D eigenvalue weighted by atomic mass is 32.2. The van der Waals surface area contributed by atoms with Crippen LogP contribution in [-0.4, -0.2) is 26.4 Å². The monoisotopic (exact) mass is 430 g/mol. The molecule has 3 aromatic heterocycles. The van der Waals surface area contributed by atoms with E-state index in [4.69, 9.17) is 9.51 Å². The molecule has 1 amide bonds. The van der Waals surface area contributed by atoms with Crippen LogP contribution in [-0.2, 0) is 24.2 Å². The van der Waals surface area contributed by atoms with Gasteiger partial charge in [-0.3, -0.25) is 14.2 Å². The fraction of sp³-hybridized carbons (Fsp3) is 0.400. The van der Waals surface area contributed by atoms with Crippen LogP contribution in [0.4, 0.5) is 5.82 Å². The number of carbonyl (C=O) groups is 1. The van der Waals surface area contributed by atoms with Crippen LogP contribution in [0.5, 0.6) is 0 Å². The molecule has 1 atom stereocenters. The predicted molar refractivity (Wildman–Crippen MR) is 116 cm³/mol. The molecule has 1 aliphatic carbocycles. The number of thiophene rings is 1. The largest absolute Gasteiger partial charge is 0.360 e. The highest BCUT2D eigenvalue weighted by Crippen LogP contribution is 2.36. The van der Waals surface area contributed by atoms with Gasteiger partial charge >= 0.3 is 0 Å². The molecule has 29 heavy (non-hydrogen) atoms. The summed E-state index contributed by atoms with van der Waals surface area (Å²) >= 11 is 2.85. The summed E-state index contributed by atoms with van der Waals surface area (Å²) in [5.74, 6) is 1.50. The lowest BCUT2D eigenvalue weighted by atomic mass is 9.89. The first kappa shape index (κ1) is 19.9. The second-order valence-corrected chi connectivity index (χ2v) is 9.32. The molecule has 0 fully saturated rings. The summed E-state index contributed by atoms with van der Waals surface area (Å²) in [6, 6.07) is 1.65. The van der Waals surface area contributed by atoms with Gasteiger partial charge in [0, 0.05) is 17.5 Å². The topological polar surface area (TPSA) is 90.0 Å². The Morgan fingerprint density at radius 2 is 2.38 bits per heavy atom. The summed E-state index contributed by atoms with van der Waals surface area (Å²) in [4.78, 5) is 32.3. The van der Waals surface area contributed by atoms with E-state index in [1.165, 1.54) is 16.6 Å². The van der Waals surface area contributed by atoms with Crippen molar-refractivity contribution in [2.24, 2.45) is 5.92 Å². The van der Waals surface area contributed by atoms with Gasteiger partial charge in [0.05, 0.1) is 11.1 Å². The molecule has 0 radical (unpaired) electrons. The first-order valence-electron chi connectivity index (χ1n) is 9.48. The van der Waals surface area contributed by atoms with E-state index in [-0.39, 0.29) is 17.2 Å². The Bertz CT molecular complexity index is 1140. The van der Waals surface area contributed by atoms with Crippen LogP contribution in [0.2, 0.25) is 0 Å². The third kappa shape index (κ3) is 4.02. The lowest BCUT2D eigenvalue weighted by Gasteiger charge is -2.17. The number of nitrogens with zero attached hydrogens (tertiary/aromatic N) is 3. The third-order valence-electron chi connectivity index (χ3n) is 4.92. The van der Waals surface area contributed by atoms with Gasteiger partial charge in [0.25, 0.3) is 5.56 Å². The fourth-order valence-corrected chi connectivity index (χ4v) is 5.77. The standard InChI is InChI=1S/C20H22N4O3S2/c1-4-7-24-19(26)17-13-6-5-11(2)8-14(13)29-18(17)22-20(24)28-10-16(25)21-15-9-12(3)27-23-15/h4,9,11H,1,5-8,10H2,2-3H3,(H,21,23,25). The molecule has 9 heteroatoms. The highest BCUT2D eigenvalue weighted by molar-refractivity contribution is 7.99. The average molecular weight is 431 g/mol. The Morgan fingerprint density at radius 3 is 3.10 bits per heavy atom. The van der Waals surface area contributed by atoms with Gasteiger partial charge in [-0.15, -0.1) is 17.9 Å². The Balaban J connectivity index is 1.62. The van der Waals surface area contributed by atoms with Crippen molar-refractivity contribution >= 4 is 45.0 Å². The number of anilines is 1. The Morgan fingerprint density at radius 1 is 1.55 bits per heavy atom. The van der Waals surface area contributed by atoms with E-state index < -0.39 is 0 Å². The molecule has 0 saturated heterocycles. The lowest BCUT2D eigenvalue weighted by molar-refractivity contribution is -0.113. The minimum Gasteiger partial charge on any atom is -0.360 e. The SMILES string of the molecule is C=CCn1c(SCC(=O)Nc2cc(C)on2)nc2sc3c(c2c1=O)CCC(C)C3. The summed E-state index contributed by atoms with van der Waals surface area (Å²) < 4.78 is 6.56. The van der Waals surface area contributed by atoms with Gasteiger partial charge < -0.3 is 9.84 Å². The summed E-state index contributed by atoms with van der Waals surface area (Å²) in [6.45, 7) is 8.12. The number of allylic oxidation sites excluding steroid dienone is 1. The minimum absolute atomic E-state index is 0.0445. The van der Waals surface area contributed by atoms with E-state index in [9.17, 15) is 9.59 Å². The molecule has 1 N–H and O–H groups in total. The first-order chi connectivity index (χ1) is 14.0. The van der Waals surface area contributed by atoms with Crippen LogP contribution in [0, 0.1) is 12.8 Å². The van der Waals surface area contributed by atoms with Gasteiger partial charge in [-0.05, 0) is 37.7 Å². The Hall–Kier alpha value is -2.39. The average Bonchev–Trinajstić information content (AvgIpc) is 3.25. The second-order valence-electron chi connectivity index (χ2n) is 7.29. The zero-order valence-electron chi connectivity index (χ0n) is 16.4. The molecule has 1 aliphatic rings. The number of amides is 1. The molecule has 0 spiro atoms. The zero-order chi connectivity index (χ0) is 20.5. The van der Waals surface area contributed by atoms with E-state index in [0.29, 0.717) is 29.2 Å². The van der Waals surface area contributed by atoms with Crippen LogP contribution in [0.25, 0.3) is 10.2 Å². The van der Waals surface area contributed by atoms with Gasteiger partial charge in [0.15, 0.2) is 11.0 Å². The van der Waals surface area contributed by atoms with Crippen molar-refractivity contribution in [1.82, 2.24) is 14.7 Å². The normalized spacial score (nSPS) is 16.0.